The molecule has 0 bridgehead atoms. The molecule has 1 aliphatic heterocycles. The summed E-state index contributed by atoms with van der Waals surface area (Å²) in [5.74, 6) is -2.95. The highest BCUT2D eigenvalue weighted by Crippen LogP contribution is 2.27. The average molecular weight is 567 g/mol. The van der Waals surface area contributed by atoms with Crippen LogP contribution in [0.5, 0.6) is 0 Å². The topological polar surface area (TPSA) is 163 Å². The fraction of sp³-hybridized carbons (Fsp3) is 0.433. The van der Waals surface area contributed by atoms with E-state index in [-0.39, 0.29) is 30.2 Å². The monoisotopic (exact) mass is 566 g/mol. The van der Waals surface area contributed by atoms with Gasteiger partial charge in [-0.3, -0.25) is 19.7 Å². The zero-order valence-corrected chi connectivity index (χ0v) is 23.9. The number of hydrogen-bond acceptors (Lipinski definition) is 7. The number of alkyl carbamates (subject to hydrolysis) is 1. The summed E-state index contributed by atoms with van der Waals surface area (Å²) in [6.07, 6.45) is -1.63. The van der Waals surface area contributed by atoms with Crippen LogP contribution in [-0.4, -0.2) is 58.6 Å². The summed E-state index contributed by atoms with van der Waals surface area (Å²) in [5.41, 5.74) is 1.29. The van der Waals surface area contributed by atoms with Gasteiger partial charge in [-0.15, -0.1) is 0 Å². The molecule has 2 aromatic rings. The Morgan fingerprint density at radius 3 is 2.32 bits per heavy atom. The maximum absolute atomic E-state index is 13.6. The summed E-state index contributed by atoms with van der Waals surface area (Å²) < 4.78 is 5.31. The van der Waals surface area contributed by atoms with Crippen molar-refractivity contribution in [1.82, 2.24) is 16.0 Å². The van der Waals surface area contributed by atoms with Crippen LogP contribution in [0.2, 0.25) is 0 Å². The van der Waals surface area contributed by atoms with Gasteiger partial charge in [-0.05, 0) is 56.0 Å². The summed E-state index contributed by atoms with van der Waals surface area (Å²) in [6.45, 7) is 8.66. The molecule has 5 N–H and O–H groups in total. The zero-order chi connectivity index (χ0) is 30.3. The molecule has 0 aromatic heterocycles. The lowest BCUT2D eigenvalue weighted by atomic mass is 9.97. The molecule has 0 radical (unpaired) electrons. The molecular weight excluding hydrogens is 528 g/mol. The number of benzene rings is 2. The fourth-order valence-electron chi connectivity index (χ4n) is 4.36. The summed E-state index contributed by atoms with van der Waals surface area (Å²) in [5, 5.41) is 20.0. The molecule has 3 amide bonds. The van der Waals surface area contributed by atoms with E-state index in [1.165, 1.54) is 12.1 Å². The van der Waals surface area contributed by atoms with Crippen LogP contribution < -0.4 is 21.3 Å². The summed E-state index contributed by atoms with van der Waals surface area (Å²) in [4.78, 5) is 64.0. The summed E-state index contributed by atoms with van der Waals surface area (Å²) in [6, 6.07) is 11.9. The Morgan fingerprint density at radius 1 is 1.02 bits per heavy atom. The minimum absolute atomic E-state index is 0.0695. The molecule has 220 valence electrons. The Bertz CT molecular complexity index is 1290. The number of carbonyl (C=O) groups is 5. The summed E-state index contributed by atoms with van der Waals surface area (Å²) in [7, 11) is 0. The Hall–Kier alpha value is -4.41. The molecule has 11 nitrogen and oxygen atoms in total. The lowest BCUT2D eigenvalue weighted by Crippen LogP contribution is -2.59. The second-order valence-electron chi connectivity index (χ2n) is 11.2. The SMILES string of the molecule is CC[C@H](C)[C@H](NC(=O)Cc1ccccc1)C(=O)NC(NC(=O)OC(C)(C)C)C(=O)c1ccc2c(c1)C[C@@H](C(=O)O)N2. The second kappa shape index (κ2) is 13.3. The molecule has 3 rings (SSSR count). The Labute approximate surface area is 239 Å². The molecule has 1 heterocycles. The number of hydrogen-bond donors (Lipinski definition) is 5. The Morgan fingerprint density at radius 2 is 1.71 bits per heavy atom. The van der Waals surface area contributed by atoms with Crippen LogP contribution in [0.15, 0.2) is 48.5 Å². The van der Waals surface area contributed by atoms with E-state index in [1.807, 2.05) is 37.3 Å². The predicted molar refractivity (Wildman–Crippen MR) is 152 cm³/mol. The summed E-state index contributed by atoms with van der Waals surface area (Å²) >= 11 is 0. The molecule has 1 unspecified atom stereocenters. The largest absolute Gasteiger partial charge is 0.480 e. The maximum atomic E-state index is 13.6. The number of aliphatic carboxylic acids is 1. The number of ketones is 1. The van der Waals surface area contributed by atoms with Crippen molar-refractivity contribution < 1.29 is 33.8 Å². The molecule has 1 aliphatic rings. The number of carbonyl (C=O) groups excluding carboxylic acids is 4. The van der Waals surface area contributed by atoms with Crippen molar-refractivity contribution in [3.05, 3.63) is 65.2 Å². The van der Waals surface area contributed by atoms with Gasteiger partial charge in [0.25, 0.3) is 0 Å². The average Bonchev–Trinajstić information content (AvgIpc) is 3.34. The minimum Gasteiger partial charge on any atom is -0.480 e. The fourth-order valence-corrected chi connectivity index (χ4v) is 4.36. The van der Waals surface area contributed by atoms with E-state index < -0.39 is 47.6 Å². The smallest absolute Gasteiger partial charge is 0.409 e. The first kappa shape index (κ1) is 31.1. The van der Waals surface area contributed by atoms with Gasteiger partial charge in [0.2, 0.25) is 17.6 Å². The van der Waals surface area contributed by atoms with Crippen LogP contribution in [-0.2, 0) is 32.0 Å². The predicted octanol–water partition coefficient (Wildman–Crippen LogP) is 3.03. The molecule has 0 saturated heterocycles. The number of rotatable bonds is 11. The van der Waals surface area contributed by atoms with Gasteiger partial charge in [-0.25, -0.2) is 9.59 Å². The van der Waals surface area contributed by atoms with Crippen molar-refractivity contribution in [3.8, 4) is 0 Å². The molecule has 0 aliphatic carbocycles. The highest BCUT2D eigenvalue weighted by Gasteiger charge is 2.33. The van der Waals surface area contributed by atoms with Crippen LogP contribution in [0.3, 0.4) is 0 Å². The van der Waals surface area contributed by atoms with Gasteiger partial charge >= 0.3 is 12.1 Å². The van der Waals surface area contributed by atoms with E-state index in [0.29, 0.717) is 17.7 Å². The number of ether oxygens (including phenoxy) is 1. The van der Waals surface area contributed by atoms with Crippen LogP contribution in [0.25, 0.3) is 0 Å². The Balaban J connectivity index is 1.83. The van der Waals surface area contributed by atoms with Crippen LogP contribution in [0, 0.1) is 5.92 Å². The van der Waals surface area contributed by atoms with Crippen molar-refractivity contribution in [2.45, 2.75) is 77.7 Å². The van der Waals surface area contributed by atoms with Crippen molar-refractivity contribution in [3.63, 3.8) is 0 Å². The number of carboxylic acid groups (broad SMARTS) is 1. The Kier molecular flexibility index (Phi) is 10.1. The second-order valence-corrected chi connectivity index (χ2v) is 11.2. The molecule has 0 fully saturated rings. The molecular formula is C30H38N4O7. The van der Waals surface area contributed by atoms with Crippen molar-refractivity contribution >= 4 is 35.3 Å². The van der Waals surface area contributed by atoms with Crippen molar-refractivity contribution in [2.24, 2.45) is 5.92 Å². The molecule has 2 aromatic carbocycles. The quantitative estimate of drug-likeness (QED) is 0.205. The third-order valence-corrected chi connectivity index (χ3v) is 6.67. The number of anilines is 1. The number of fused-ring (bicyclic) bond motifs is 1. The highest BCUT2D eigenvalue weighted by atomic mass is 16.6. The van der Waals surface area contributed by atoms with E-state index >= 15 is 0 Å². The zero-order valence-electron chi connectivity index (χ0n) is 23.9. The molecule has 0 spiro atoms. The maximum Gasteiger partial charge on any atom is 0.409 e. The van der Waals surface area contributed by atoms with E-state index in [1.54, 1.807) is 33.8 Å². The first-order valence-electron chi connectivity index (χ1n) is 13.6. The molecule has 11 heteroatoms. The number of amides is 3. The first-order valence-corrected chi connectivity index (χ1v) is 13.6. The molecule has 0 saturated carbocycles. The number of Topliss-reactive ketones (excluding diaryl/α,β-unsaturated/α-hetero) is 1. The van der Waals surface area contributed by atoms with Gasteiger partial charge < -0.3 is 25.8 Å². The van der Waals surface area contributed by atoms with Gasteiger partial charge in [0.05, 0.1) is 6.42 Å². The van der Waals surface area contributed by atoms with E-state index in [9.17, 15) is 29.1 Å². The normalized spacial score (nSPS) is 16.3. The first-order chi connectivity index (χ1) is 19.3. The lowest BCUT2D eigenvalue weighted by Gasteiger charge is -2.28. The van der Waals surface area contributed by atoms with Crippen molar-refractivity contribution in [1.29, 1.82) is 0 Å². The number of carboxylic acids is 1. The molecule has 4 atom stereocenters. The van der Waals surface area contributed by atoms with Crippen LogP contribution in [0.4, 0.5) is 10.5 Å². The van der Waals surface area contributed by atoms with Gasteiger partial charge in [-0.1, -0.05) is 50.6 Å². The third kappa shape index (κ3) is 8.79. The van der Waals surface area contributed by atoms with Gasteiger partial charge in [0.1, 0.15) is 17.7 Å². The van der Waals surface area contributed by atoms with E-state index in [0.717, 1.165) is 5.56 Å². The van der Waals surface area contributed by atoms with Crippen molar-refractivity contribution in [2.75, 3.05) is 5.32 Å². The van der Waals surface area contributed by atoms with E-state index in [4.69, 9.17) is 4.74 Å². The van der Waals surface area contributed by atoms with Crippen LogP contribution in [0.1, 0.15) is 62.5 Å². The van der Waals surface area contributed by atoms with Gasteiger partial charge in [-0.2, -0.15) is 0 Å². The minimum atomic E-state index is -1.52. The highest BCUT2D eigenvalue weighted by molar-refractivity contribution is 6.04. The third-order valence-electron chi connectivity index (χ3n) is 6.67. The lowest BCUT2D eigenvalue weighted by molar-refractivity contribution is -0.137. The molecule has 41 heavy (non-hydrogen) atoms. The van der Waals surface area contributed by atoms with Crippen LogP contribution >= 0.6 is 0 Å². The number of nitrogens with one attached hydrogen (secondary N) is 4. The van der Waals surface area contributed by atoms with E-state index in [2.05, 4.69) is 21.3 Å². The van der Waals surface area contributed by atoms with Gasteiger partial charge in [0, 0.05) is 17.7 Å². The van der Waals surface area contributed by atoms with Gasteiger partial charge in [0.15, 0.2) is 6.17 Å². The standard InChI is InChI=1S/C30H38N4O7/c1-6-17(2)24(32-23(35)14-18-10-8-7-9-11-18)27(37)33-26(34-29(40)41-30(3,4)5)25(36)19-12-13-21-20(15-19)16-22(31-21)28(38)39/h7-13,15,17,22,24,26,31H,6,14,16H2,1-5H3,(H,32,35)(H,33,37)(H,34,40)(H,38,39)/t17-,22-,24-,26?/m0/s1.